The number of anilines is 1. The molecule has 5 nitrogen and oxygen atoms in total. The standard InChI is InChI=1S/C23H28N4OS/c1-15(2)25-22-27-20(14-29-22)19-13-21(28-23(3,4)5)17-10-9-16(8-7-11-24-6)12-18(17)26-19/h9-10,12-15H,7-8,11H2,1-5H3,(H,25,27). The number of nitrogens with zero attached hydrogens (tertiary/aromatic N) is 3. The van der Waals surface area contributed by atoms with Crippen molar-refractivity contribution in [3.8, 4) is 17.1 Å². The summed E-state index contributed by atoms with van der Waals surface area (Å²) >= 11 is 1.58. The van der Waals surface area contributed by atoms with Gasteiger partial charge in [0.2, 0.25) is 6.54 Å². The highest BCUT2D eigenvalue weighted by Gasteiger charge is 2.17. The van der Waals surface area contributed by atoms with Crippen molar-refractivity contribution < 1.29 is 4.74 Å². The van der Waals surface area contributed by atoms with Gasteiger partial charge >= 0.3 is 0 Å². The summed E-state index contributed by atoms with van der Waals surface area (Å²) in [6, 6.07) is 8.61. The quantitative estimate of drug-likeness (QED) is 0.373. The Labute approximate surface area is 177 Å². The minimum atomic E-state index is -0.313. The molecule has 6 heteroatoms. The fourth-order valence-electron chi connectivity index (χ4n) is 3.01. The summed E-state index contributed by atoms with van der Waals surface area (Å²) in [5.41, 5.74) is 3.42. The highest BCUT2D eigenvalue weighted by Crippen LogP contribution is 2.34. The summed E-state index contributed by atoms with van der Waals surface area (Å²) in [5, 5.41) is 7.26. The third-order valence-electron chi connectivity index (χ3n) is 4.17. The molecular formula is C23H28N4OS. The van der Waals surface area contributed by atoms with Gasteiger partial charge in [0.1, 0.15) is 17.0 Å². The van der Waals surface area contributed by atoms with Gasteiger partial charge in [0.05, 0.1) is 11.2 Å². The predicted octanol–water partition coefficient (Wildman–Crippen LogP) is 6.21. The summed E-state index contributed by atoms with van der Waals surface area (Å²) in [4.78, 5) is 13.0. The van der Waals surface area contributed by atoms with Crippen LogP contribution in [0.25, 0.3) is 27.1 Å². The number of pyridine rings is 1. The lowest BCUT2D eigenvalue weighted by atomic mass is 10.1. The number of thiazole rings is 1. The van der Waals surface area contributed by atoms with Gasteiger partial charge in [-0.25, -0.2) is 16.5 Å². The number of rotatable bonds is 7. The van der Waals surface area contributed by atoms with Gasteiger partial charge in [-0.1, -0.05) is 6.07 Å². The number of fused-ring (bicyclic) bond motifs is 1. The fourth-order valence-corrected chi connectivity index (χ4v) is 3.86. The van der Waals surface area contributed by atoms with Crippen molar-refractivity contribution in [2.45, 2.75) is 59.1 Å². The molecule has 0 saturated carbocycles. The molecule has 0 bridgehead atoms. The van der Waals surface area contributed by atoms with Crippen LogP contribution in [0.15, 0.2) is 29.6 Å². The van der Waals surface area contributed by atoms with Crippen molar-refractivity contribution in [3.05, 3.63) is 46.6 Å². The van der Waals surface area contributed by atoms with Crippen molar-refractivity contribution >= 4 is 27.4 Å². The van der Waals surface area contributed by atoms with E-state index in [4.69, 9.17) is 21.3 Å². The van der Waals surface area contributed by atoms with E-state index in [2.05, 4.69) is 42.2 Å². The highest BCUT2D eigenvalue weighted by molar-refractivity contribution is 7.14. The SMILES string of the molecule is [C-]#[N+]CCCc1ccc2c(OC(C)(C)C)cc(-c3csc(NC(C)C)n3)nc2c1. The van der Waals surface area contributed by atoms with Crippen LogP contribution < -0.4 is 10.1 Å². The van der Waals surface area contributed by atoms with Gasteiger partial charge in [0.25, 0.3) is 0 Å². The third-order valence-corrected chi connectivity index (χ3v) is 4.94. The number of ether oxygens (including phenoxy) is 1. The lowest BCUT2D eigenvalue weighted by Crippen LogP contribution is -2.23. The Balaban J connectivity index is 2.04. The van der Waals surface area contributed by atoms with Crippen LogP contribution in [-0.4, -0.2) is 28.2 Å². The zero-order valence-corrected chi connectivity index (χ0v) is 18.6. The van der Waals surface area contributed by atoms with Gasteiger partial charge in [-0.3, -0.25) is 0 Å². The fraction of sp³-hybridized carbons (Fsp3) is 0.435. The van der Waals surface area contributed by atoms with Crippen molar-refractivity contribution in [2.75, 3.05) is 11.9 Å². The molecule has 3 rings (SSSR count). The molecular weight excluding hydrogens is 380 g/mol. The molecule has 0 radical (unpaired) electrons. The number of aromatic nitrogens is 2. The van der Waals surface area contributed by atoms with Crippen molar-refractivity contribution in [1.82, 2.24) is 9.97 Å². The minimum Gasteiger partial charge on any atom is -0.487 e. The van der Waals surface area contributed by atoms with Gasteiger partial charge in [-0.2, -0.15) is 0 Å². The minimum absolute atomic E-state index is 0.313. The third kappa shape index (κ3) is 5.68. The Morgan fingerprint density at radius 3 is 2.66 bits per heavy atom. The molecule has 152 valence electrons. The molecule has 0 unspecified atom stereocenters. The summed E-state index contributed by atoms with van der Waals surface area (Å²) in [6.45, 7) is 17.8. The normalized spacial score (nSPS) is 11.6. The molecule has 29 heavy (non-hydrogen) atoms. The maximum atomic E-state index is 6.96. The largest absolute Gasteiger partial charge is 0.487 e. The summed E-state index contributed by atoms with van der Waals surface area (Å²) < 4.78 is 6.27. The first kappa shape index (κ1) is 21.1. The van der Waals surface area contributed by atoms with E-state index in [9.17, 15) is 0 Å². The van der Waals surface area contributed by atoms with Crippen LogP contribution in [0.4, 0.5) is 5.13 Å². The second-order valence-electron chi connectivity index (χ2n) is 8.39. The number of nitrogens with one attached hydrogen (secondary N) is 1. The molecule has 0 aliphatic rings. The molecule has 0 fully saturated rings. The van der Waals surface area contributed by atoms with E-state index < -0.39 is 0 Å². The van der Waals surface area contributed by atoms with Crippen LogP contribution in [0.2, 0.25) is 0 Å². The van der Waals surface area contributed by atoms with Crippen LogP contribution in [0, 0.1) is 6.57 Å². The molecule has 0 saturated heterocycles. The average molecular weight is 409 g/mol. The first-order chi connectivity index (χ1) is 13.7. The predicted molar refractivity (Wildman–Crippen MR) is 122 cm³/mol. The first-order valence-electron chi connectivity index (χ1n) is 9.93. The van der Waals surface area contributed by atoms with Crippen molar-refractivity contribution in [2.24, 2.45) is 0 Å². The van der Waals surface area contributed by atoms with Gasteiger partial charge < -0.3 is 14.9 Å². The number of hydrogen-bond donors (Lipinski definition) is 1. The van der Waals surface area contributed by atoms with Gasteiger partial charge in [-0.15, -0.1) is 11.3 Å². The van der Waals surface area contributed by atoms with E-state index in [0.717, 1.165) is 46.0 Å². The summed E-state index contributed by atoms with van der Waals surface area (Å²) in [6.07, 6.45) is 1.73. The summed E-state index contributed by atoms with van der Waals surface area (Å²) in [7, 11) is 0. The first-order valence-corrected chi connectivity index (χ1v) is 10.8. The second kappa shape index (κ2) is 8.79. The van der Waals surface area contributed by atoms with Crippen LogP contribution >= 0.6 is 11.3 Å². The second-order valence-corrected chi connectivity index (χ2v) is 9.25. The van der Waals surface area contributed by atoms with Crippen LogP contribution in [0.1, 0.15) is 46.6 Å². The Bertz CT molecular complexity index is 1030. The van der Waals surface area contributed by atoms with Gasteiger partial charge in [0, 0.05) is 29.3 Å². The average Bonchev–Trinajstić information content (AvgIpc) is 3.08. The summed E-state index contributed by atoms with van der Waals surface area (Å²) in [5.74, 6) is 0.816. The molecule has 2 aromatic heterocycles. The molecule has 2 heterocycles. The van der Waals surface area contributed by atoms with Crippen molar-refractivity contribution in [3.63, 3.8) is 0 Å². The van der Waals surface area contributed by atoms with E-state index in [1.54, 1.807) is 11.3 Å². The molecule has 3 aromatic rings. The zero-order chi connectivity index (χ0) is 21.0. The maximum absolute atomic E-state index is 6.96. The van der Waals surface area contributed by atoms with Crippen LogP contribution in [0.3, 0.4) is 0 Å². The topological polar surface area (TPSA) is 51.4 Å². The molecule has 0 aliphatic heterocycles. The van der Waals surface area contributed by atoms with E-state index >= 15 is 0 Å². The van der Waals surface area contributed by atoms with E-state index in [1.807, 2.05) is 32.2 Å². The molecule has 1 aromatic carbocycles. The van der Waals surface area contributed by atoms with E-state index in [-0.39, 0.29) is 5.60 Å². The molecule has 0 aliphatic carbocycles. The molecule has 0 atom stereocenters. The monoisotopic (exact) mass is 408 g/mol. The van der Waals surface area contributed by atoms with Crippen molar-refractivity contribution in [1.29, 1.82) is 0 Å². The van der Waals surface area contributed by atoms with Gasteiger partial charge in [0.15, 0.2) is 5.13 Å². The molecule has 0 spiro atoms. The lowest BCUT2D eigenvalue weighted by Gasteiger charge is -2.23. The number of aryl methyl sites for hydroxylation is 1. The Morgan fingerprint density at radius 2 is 1.97 bits per heavy atom. The Morgan fingerprint density at radius 1 is 1.17 bits per heavy atom. The van der Waals surface area contributed by atoms with Crippen LogP contribution in [0.5, 0.6) is 5.75 Å². The Hall–Kier alpha value is -2.65. The van der Waals surface area contributed by atoms with Crippen LogP contribution in [-0.2, 0) is 6.42 Å². The number of benzene rings is 1. The lowest BCUT2D eigenvalue weighted by molar-refractivity contribution is 0.133. The smallest absolute Gasteiger partial charge is 0.215 e. The maximum Gasteiger partial charge on any atom is 0.215 e. The van der Waals surface area contributed by atoms with E-state index in [0.29, 0.717) is 12.6 Å². The zero-order valence-electron chi connectivity index (χ0n) is 17.7. The molecule has 1 N–H and O–H groups in total. The Kier molecular flexibility index (Phi) is 6.39. The number of hydrogen-bond acceptors (Lipinski definition) is 5. The van der Waals surface area contributed by atoms with E-state index in [1.165, 1.54) is 5.56 Å². The highest BCUT2D eigenvalue weighted by atomic mass is 32.1. The van der Waals surface area contributed by atoms with Gasteiger partial charge in [-0.05, 0) is 58.7 Å². The molecule has 0 amide bonds.